The van der Waals surface area contributed by atoms with Crippen molar-refractivity contribution in [1.82, 2.24) is 10.2 Å². The Kier molecular flexibility index (Phi) is 12.1. The molecule has 4 rings (SSSR count). The summed E-state index contributed by atoms with van der Waals surface area (Å²) in [6.07, 6.45) is 0.854. The summed E-state index contributed by atoms with van der Waals surface area (Å²) in [6, 6.07) is 25.8. The van der Waals surface area contributed by atoms with Crippen LogP contribution in [0, 0.1) is 6.92 Å². The normalized spacial score (nSPS) is 12.7. The molecule has 2 atom stereocenters. The molecule has 2 unspecified atom stereocenters. The Bertz CT molecular complexity index is 1770. The lowest BCUT2D eigenvalue weighted by atomic mass is 10.0. The van der Waals surface area contributed by atoms with Gasteiger partial charge in [0, 0.05) is 29.1 Å². The van der Waals surface area contributed by atoms with Gasteiger partial charge in [-0.2, -0.15) is 0 Å². The summed E-state index contributed by atoms with van der Waals surface area (Å²) in [5, 5.41) is 3.88. The van der Waals surface area contributed by atoms with E-state index in [4.69, 9.17) is 34.8 Å². The van der Waals surface area contributed by atoms with Crippen LogP contribution in [0.25, 0.3) is 0 Å². The molecule has 0 aliphatic heterocycles. The summed E-state index contributed by atoms with van der Waals surface area (Å²) in [4.78, 5) is 29.9. The van der Waals surface area contributed by atoms with Gasteiger partial charge >= 0.3 is 0 Å². The smallest absolute Gasteiger partial charge is 0.264 e. The second-order valence-corrected chi connectivity index (χ2v) is 14.2. The zero-order chi connectivity index (χ0) is 33.4. The topological polar surface area (TPSA) is 86.8 Å². The first-order valence-corrected chi connectivity index (χ1v) is 17.4. The predicted molar refractivity (Wildman–Crippen MR) is 186 cm³/mol. The highest BCUT2D eigenvalue weighted by Gasteiger charge is 2.35. The number of hydrogen-bond donors (Lipinski definition) is 1. The van der Waals surface area contributed by atoms with Crippen LogP contribution in [0.15, 0.2) is 102 Å². The fourth-order valence-electron chi connectivity index (χ4n) is 4.83. The molecular formula is C35H36Cl3N3O4S. The molecule has 7 nitrogen and oxygen atoms in total. The Morgan fingerprint density at radius 2 is 1.50 bits per heavy atom. The van der Waals surface area contributed by atoms with Crippen molar-refractivity contribution in [3.8, 4) is 0 Å². The Hall–Kier alpha value is -3.56. The molecule has 0 aromatic heterocycles. The third kappa shape index (κ3) is 8.82. The van der Waals surface area contributed by atoms with E-state index in [1.165, 1.54) is 17.0 Å². The maximum absolute atomic E-state index is 14.6. The van der Waals surface area contributed by atoms with E-state index in [1.807, 2.05) is 51.1 Å². The molecule has 0 fully saturated rings. The van der Waals surface area contributed by atoms with Crippen molar-refractivity contribution in [1.29, 1.82) is 0 Å². The van der Waals surface area contributed by atoms with Crippen LogP contribution in [0.2, 0.25) is 15.1 Å². The monoisotopic (exact) mass is 699 g/mol. The average Bonchev–Trinajstić information content (AvgIpc) is 3.03. The lowest BCUT2D eigenvalue weighted by Crippen LogP contribution is -2.54. The molecule has 0 bridgehead atoms. The number of carbonyl (C=O) groups excluding carboxylic acids is 2. The summed E-state index contributed by atoms with van der Waals surface area (Å²) in [6.45, 7) is 4.97. The number of nitrogens with zero attached hydrogens (tertiary/aromatic N) is 2. The SMILES string of the molecule is CCC(C)NC(=O)C(Cc1ccccc1)N(Cc1ccc(Cl)cc1Cl)C(=O)CN(c1ccccc1Cl)S(=O)(=O)c1ccc(C)cc1. The molecule has 11 heteroatoms. The standard InChI is InChI=1S/C35H36Cl3N3O4S/c1-4-25(3)39-35(43)33(20-26-10-6-5-7-11-26)40(22-27-16-17-28(36)21-31(27)38)34(42)23-41(32-13-9-8-12-30(32)37)46(44,45)29-18-14-24(2)15-19-29/h5-19,21,25,33H,4,20,22-23H2,1-3H3,(H,39,43). The number of carbonyl (C=O) groups is 2. The summed E-state index contributed by atoms with van der Waals surface area (Å²) < 4.78 is 29.3. The van der Waals surface area contributed by atoms with Gasteiger partial charge in [0.05, 0.1) is 15.6 Å². The molecule has 46 heavy (non-hydrogen) atoms. The van der Waals surface area contributed by atoms with Crippen LogP contribution in [0.4, 0.5) is 5.69 Å². The fourth-order valence-corrected chi connectivity index (χ4v) is 7.02. The van der Waals surface area contributed by atoms with Crippen LogP contribution in [-0.2, 0) is 32.6 Å². The Balaban J connectivity index is 1.84. The molecule has 0 saturated heterocycles. The molecule has 2 amide bonds. The number of nitrogens with one attached hydrogen (secondary N) is 1. The Morgan fingerprint density at radius 3 is 2.13 bits per heavy atom. The minimum absolute atomic E-state index is 0.00605. The van der Waals surface area contributed by atoms with Crippen LogP contribution in [0.1, 0.15) is 37.0 Å². The summed E-state index contributed by atoms with van der Waals surface area (Å²) in [5.74, 6) is -0.996. The number of aryl methyl sites for hydroxylation is 1. The van der Waals surface area contributed by atoms with Crippen molar-refractivity contribution < 1.29 is 18.0 Å². The largest absolute Gasteiger partial charge is 0.352 e. The third-order valence-electron chi connectivity index (χ3n) is 7.64. The minimum Gasteiger partial charge on any atom is -0.352 e. The third-order valence-corrected chi connectivity index (χ3v) is 10.3. The van der Waals surface area contributed by atoms with Crippen molar-refractivity contribution in [2.45, 2.75) is 57.1 Å². The second kappa shape index (κ2) is 15.8. The van der Waals surface area contributed by atoms with Crippen molar-refractivity contribution in [3.63, 3.8) is 0 Å². The van der Waals surface area contributed by atoms with E-state index in [2.05, 4.69) is 5.32 Å². The van der Waals surface area contributed by atoms with Crippen molar-refractivity contribution in [2.75, 3.05) is 10.8 Å². The molecule has 0 radical (unpaired) electrons. The van der Waals surface area contributed by atoms with Crippen LogP contribution in [0.3, 0.4) is 0 Å². The first-order chi connectivity index (χ1) is 21.9. The maximum atomic E-state index is 14.6. The molecule has 1 N–H and O–H groups in total. The van der Waals surface area contributed by atoms with Gasteiger partial charge in [0.15, 0.2) is 0 Å². The summed E-state index contributed by atoms with van der Waals surface area (Å²) >= 11 is 19.3. The van der Waals surface area contributed by atoms with E-state index in [-0.39, 0.29) is 40.5 Å². The van der Waals surface area contributed by atoms with Crippen LogP contribution >= 0.6 is 34.8 Å². The number of para-hydroxylation sites is 1. The van der Waals surface area contributed by atoms with E-state index < -0.39 is 28.5 Å². The van der Waals surface area contributed by atoms with E-state index in [0.29, 0.717) is 22.0 Å². The first-order valence-electron chi connectivity index (χ1n) is 14.8. The van der Waals surface area contributed by atoms with Crippen LogP contribution in [0.5, 0.6) is 0 Å². The molecule has 0 spiro atoms. The summed E-state index contributed by atoms with van der Waals surface area (Å²) in [7, 11) is -4.28. The fraction of sp³-hybridized carbons (Fsp3) is 0.257. The Labute approximate surface area is 286 Å². The van der Waals surface area contributed by atoms with Gasteiger partial charge in [-0.25, -0.2) is 8.42 Å². The number of benzene rings is 4. The van der Waals surface area contributed by atoms with E-state index >= 15 is 0 Å². The zero-order valence-electron chi connectivity index (χ0n) is 25.8. The highest BCUT2D eigenvalue weighted by atomic mass is 35.5. The van der Waals surface area contributed by atoms with Gasteiger partial charge in [-0.1, -0.05) is 108 Å². The number of rotatable bonds is 13. The molecule has 0 saturated carbocycles. The number of halogens is 3. The predicted octanol–water partition coefficient (Wildman–Crippen LogP) is 7.71. The highest BCUT2D eigenvalue weighted by molar-refractivity contribution is 7.92. The molecule has 242 valence electrons. The average molecular weight is 701 g/mol. The van der Waals surface area contributed by atoms with Gasteiger partial charge in [-0.15, -0.1) is 0 Å². The van der Waals surface area contributed by atoms with Crippen LogP contribution in [-0.4, -0.2) is 43.8 Å². The molecule has 0 heterocycles. The van der Waals surface area contributed by atoms with Crippen molar-refractivity contribution in [3.05, 3.63) is 129 Å². The quantitative estimate of drug-likeness (QED) is 0.155. The van der Waals surface area contributed by atoms with Gasteiger partial charge in [0.2, 0.25) is 11.8 Å². The molecule has 4 aromatic rings. The lowest BCUT2D eigenvalue weighted by molar-refractivity contribution is -0.140. The molecular weight excluding hydrogens is 665 g/mol. The minimum atomic E-state index is -4.28. The van der Waals surface area contributed by atoms with Gasteiger partial charge in [-0.3, -0.25) is 13.9 Å². The van der Waals surface area contributed by atoms with E-state index in [9.17, 15) is 18.0 Å². The van der Waals surface area contributed by atoms with Crippen molar-refractivity contribution >= 4 is 62.3 Å². The second-order valence-electron chi connectivity index (χ2n) is 11.1. The lowest BCUT2D eigenvalue weighted by Gasteiger charge is -2.34. The Morgan fingerprint density at radius 1 is 0.848 bits per heavy atom. The molecule has 4 aromatic carbocycles. The van der Waals surface area contributed by atoms with E-state index in [0.717, 1.165) is 15.4 Å². The van der Waals surface area contributed by atoms with Crippen LogP contribution < -0.4 is 9.62 Å². The first kappa shape index (κ1) is 35.3. The molecule has 0 aliphatic rings. The highest BCUT2D eigenvalue weighted by Crippen LogP contribution is 2.31. The number of sulfonamides is 1. The van der Waals surface area contributed by atoms with Crippen molar-refractivity contribution in [2.24, 2.45) is 0 Å². The zero-order valence-corrected chi connectivity index (χ0v) is 28.9. The van der Waals surface area contributed by atoms with Gasteiger partial charge < -0.3 is 10.2 Å². The number of hydrogen-bond acceptors (Lipinski definition) is 4. The number of anilines is 1. The van der Waals surface area contributed by atoms with Gasteiger partial charge in [0.25, 0.3) is 10.0 Å². The van der Waals surface area contributed by atoms with E-state index in [1.54, 1.807) is 54.6 Å². The van der Waals surface area contributed by atoms with Gasteiger partial charge in [-0.05, 0) is 67.8 Å². The summed E-state index contributed by atoms with van der Waals surface area (Å²) in [5.41, 5.74) is 2.37. The van der Waals surface area contributed by atoms with Gasteiger partial charge in [0.1, 0.15) is 12.6 Å². The maximum Gasteiger partial charge on any atom is 0.264 e. The molecule has 0 aliphatic carbocycles. The number of amides is 2.